The molecule has 0 N–H and O–H groups in total. The number of hydrogen-bond donors (Lipinski definition) is 0. The minimum atomic E-state index is 0.538. The molecule has 0 saturated heterocycles. The van der Waals surface area contributed by atoms with Gasteiger partial charge in [-0.2, -0.15) is 0 Å². The van der Waals surface area contributed by atoms with E-state index in [0.717, 1.165) is 18.1 Å². The number of rotatable bonds is 1. The summed E-state index contributed by atoms with van der Waals surface area (Å²) in [4.78, 5) is 2.57. The maximum absolute atomic E-state index is 4.36. The molecule has 1 aliphatic heterocycles. The maximum Gasteiger partial charge on any atom is 0.174 e. The van der Waals surface area contributed by atoms with Gasteiger partial charge in [0.15, 0.2) is 5.82 Å². The first kappa shape index (κ1) is 10.0. The summed E-state index contributed by atoms with van der Waals surface area (Å²) >= 11 is 1.80. The average Bonchev–Trinajstić information content (AvgIpc) is 2.84. The van der Waals surface area contributed by atoms with E-state index in [1.54, 1.807) is 11.3 Å². The van der Waals surface area contributed by atoms with Crippen LogP contribution in [0.4, 0.5) is 0 Å². The number of fused-ring (bicyclic) bond motifs is 1. The zero-order chi connectivity index (χ0) is 11.1. The highest BCUT2D eigenvalue weighted by molar-refractivity contribution is 7.15. The Morgan fingerprint density at radius 3 is 3.00 bits per heavy atom. The molecule has 3 nitrogen and oxygen atoms in total. The highest BCUT2D eigenvalue weighted by Crippen LogP contribution is 2.32. The second-order valence-electron chi connectivity index (χ2n) is 4.46. The van der Waals surface area contributed by atoms with Gasteiger partial charge in [-0.1, -0.05) is 0 Å². The van der Waals surface area contributed by atoms with E-state index in [4.69, 9.17) is 0 Å². The van der Waals surface area contributed by atoms with Crippen molar-refractivity contribution < 1.29 is 0 Å². The fraction of sp³-hybridized carbons (Fsp3) is 0.500. The predicted octanol–water partition coefficient (Wildman–Crippen LogP) is 3.21. The van der Waals surface area contributed by atoms with Crippen LogP contribution in [-0.4, -0.2) is 14.8 Å². The monoisotopic (exact) mass is 233 g/mol. The molecule has 1 atom stereocenters. The Morgan fingerprint density at radius 2 is 2.25 bits per heavy atom. The molecule has 1 aliphatic rings. The maximum atomic E-state index is 4.36. The largest absolute Gasteiger partial charge is 0.307 e. The summed E-state index contributed by atoms with van der Waals surface area (Å²) in [6.07, 6.45) is 3.55. The molecule has 4 heteroatoms. The first-order valence-electron chi connectivity index (χ1n) is 5.76. The number of thiophene rings is 1. The molecule has 0 amide bonds. The standard InChI is InChI=1S/C12H15N3S/c1-8-4-3-5-11-13-14-12(15(8)11)10-7-6-9(2)16-10/h6-8H,3-5H2,1-2H3. The first-order chi connectivity index (χ1) is 7.75. The van der Waals surface area contributed by atoms with Crippen molar-refractivity contribution in [3.8, 4) is 10.7 Å². The fourth-order valence-corrected chi connectivity index (χ4v) is 3.21. The van der Waals surface area contributed by atoms with Gasteiger partial charge in [0, 0.05) is 17.3 Å². The van der Waals surface area contributed by atoms with Crippen molar-refractivity contribution in [2.75, 3.05) is 0 Å². The zero-order valence-corrected chi connectivity index (χ0v) is 10.4. The summed E-state index contributed by atoms with van der Waals surface area (Å²) in [6.45, 7) is 4.39. The molecule has 3 rings (SSSR count). The molecule has 1 unspecified atom stereocenters. The van der Waals surface area contributed by atoms with Crippen LogP contribution < -0.4 is 0 Å². The van der Waals surface area contributed by atoms with E-state index in [0.29, 0.717) is 6.04 Å². The van der Waals surface area contributed by atoms with Crippen LogP contribution in [0, 0.1) is 6.92 Å². The van der Waals surface area contributed by atoms with Crippen LogP contribution in [0.15, 0.2) is 12.1 Å². The van der Waals surface area contributed by atoms with Crippen molar-refractivity contribution in [2.24, 2.45) is 0 Å². The van der Waals surface area contributed by atoms with Gasteiger partial charge in [0.1, 0.15) is 5.82 Å². The van der Waals surface area contributed by atoms with E-state index >= 15 is 0 Å². The lowest BCUT2D eigenvalue weighted by atomic mass is 10.1. The van der Waals surface area contributed by atoms with E-state index in [2.05, 4.69) is 40.7 Å². The van der Waals surface area contributed by atoms with E-state index in [-0.39, 0.29) is 0 Å². The van der Waals surface area contributed by atoms with Crippen LogP contribution in [-0.2, 0) is 6.42 Å². The lowest BCUT2D eigenvalue weighted by Gasteiger charge is -2.22. The summed E-state index contributed by atoms with van der Waals surface area (Å²) in [6, 6.07) is 4.84. The third-order valence-electron chi connectivity index (χ3n) is 3.19. The summed E-state index contributed by atoms with van der Waals surface area (Å²) in [5.41, 5.74) is 0. The second-order valence-corrected chi connectivity index (χ2v) is 5.75. The molecular formula is C12H15N3S. The molecular weight excluding hydrogens is 218 g/mol. The topological polar surface area (TPSA) is 30.7 Å². The average molecular weight is 233 g/mol. The van der Waals surface area contributed by atoms with Crippen LogP contribution in [0.5, 0.6) is 0 Å². The molecule has 2 aromatic heterocycles. The number of aromatic nitrogens is 3. The first-order valence-corrected chi connectivity index (χ1v) is 6.58. The van der Waals surface area contributed by atoms with Gasteiger partial charge in [0.2, 0.25) is 0 Å². The molecule has 0 aromatic carbocycles. The molecule has 0 fully saturated rings. The van der Waals surface area contributed by atoms with E-state index in [1.165, 1.54) is 22.6 Å². The molecule has 2 aromatic rings. The van der Waals surface area contributed by atoms with Crippen LogP contribution in [0.1, 0.15) is 36.5 Å². The fourth-order valence-electron chi connectivity index (χ4n) is 2.36. The minimum Gasteiger partial charge on any atom is -0.307 e. The van der Waals surface area contributed by atoms with Gasteiger partial charge < -0.3 is 4.57 Å². The third kappa shape index (κ3) is 1.48. The minimum absolute atomic E-state index is 0.538. The molecule has 3 heterocycles. The Balaban J connectivity index is 2.12. The quantitative estimate of drug-likeness (QED) is 0.757. The lowest BCUT2D eigenvalue weighted by molar-refractivity contribution is 0.429. The molecule has 0 spiro atoms. The van der Waals surface area contributed by atoms with Gasteiger partial charge in [-0.15, -0.1) is 21.5 Å². The van der Waals surface area contributed by atoms with Crippen molar-refractivity contribution in [1.29, 1.82) is 0 Å². The molecule has 84 valence electrons. The highest BCUT2D eigenvalue weighted by atomic mass is 32.1. The number of nitrogens with zero attached hydrogens (tertiary/aromatic N) is 3. The molecule has 0 aliphatic carbocycles. The molecule has 0 bridgehead atoms. The van der Waals surface area contributed by atoms with Crippen molar-refractivity contribution in [3.63, 3.8) is 0 Å². The summed E-state index contributed by atoms with van der Waals surface area (Å²) < 4.78 is 2.31. The van der Waals surface area contributed by atoms with Crippen LogP contribution in [0.25, 0.3) is 10.7 Å². The van der Waals surface area contributed by atoms with Gasteiger partial charge in [-0.05, 0) is 38.8 Å². The molecule has 16 heavy (non-hydrogen) atoms. The van der Waals surface area contributed by atoms with Crippen molar-refractivity contribution in [2.45, 2.75) is 39.2 Å². The predicted molar refractivity (Wildman–Crippen MR) is 65.7 cm³/mol. The summed E-state index contributed by atoms with van der Waals surface area (Å²) in [7, 11) is 0. The van der Waals surface area contributed by atoms with Crippen molar-refractivity contribution in [3.05, 3.63) is 22.8 Å². The number of hydrogen-bond acceptors (Lipinski definition) is 3. The van der Waals surface area contributed by atoms with Crippen LogP contribution in [0.2, 0.25) is 0 Å². The van der Waals surface area contributed by atoms with Crippen LogP contribution in [0.3, 0.4) is 0 Å². The Kier molecular flexibility index (Phi) is 2.32. The third-order valence-corrected chi connectivity index (χ3v) is 4.19. The van der Waals surface area contributed by atoms with Crippen molar-refractivity contribution in [1.82, 2.24) is 14.8 Å². The molecule has 0 saturated carbocycles. The summed E-state index contributed by atoms with van der Waals surface area (Å²) in [5, 5.41) is 8.67. The van der Waals surface area contributed by atoms with E-state index < -0.39 is 0 Å². The number of aryl methyl sites for hydroxylation is 2. The van der Waals surface area contributed by atoms with Gasteiger partial charge in [-0.25, -0.2) is 0 Å². The molecule has 0 radical (unpaired) electrons. The van der Waals surface area contributed by atoms with Crippen LogP contribution >= 0.6 is 11.3 Å². The summed E-state index contributed by atoms with van der Waals surface area (Å²) in [5.74, 6) is 2.21. The second kappa shape index (κ2) is 3.70. The zero-order valence-electron chi connectivity index (χ0n) is 9.60. The van der Waals surface area contributed by atoms with E-state index in [9.17, 15) is 0 Å². The van der Waals surface area contributed by atoms with Gasteiger partial charge in [0.05, 0.1) is 4.88 Å². The van der Waals surface area contributed by atoms with Crippen molar-refractivity contribution >= 4 is 11.3 Å². The van der Waals surface area contributed by atoms with Gasteiger partial charge in [0.25, 0.3) is 0 Å². The highest BCUT2D eigenvalue weighted by Gasteiger charge is 2.22. The normalized spacial score (nSPS) is 19.8. The van der Waals surface area contributed by atoms with Gasteiger partial charge in [-0.3, -0.25) is 0 Å². The lowest BCUT2D eigenvalue weighted by Crippen LogP contribution is -2.15. The Hall–Kier alpha value is -1.16. The van der Waals surface area contributed by atoms with E-state index in [1.807, 2.05) is 0 Å². The van der Waals surface area contributed by atoms with Gasteiger partial charge >= 0.3 is 0 Å². The smallest absolute Gasteiger partial charge is 0.174 e. The SMILES string of the molecule is Cc1ccc(-c2nnc3n2C(C)CCC3)s1. The Morgan fingerprint density at radius 1 is 1.38 bits per heavy atom. The Bertz CT molecular complexity index is 512. The Labute approximate surface area is 99.1 Å².